The molecule has 3 atom stereocenters. The van der Waals surface area contributed by atoms with E-state index in [1.807, 2.05) is 25.1 Å². The van der Waals surface area contributed by atoms with E-state index in [1.165, 1.54) is 29.8 Å². The van der Waals surface area contributed by atoms with E-state index in [0.29, 0.717) is 12.6 Å². The van der Waals surface area contributed by atoms with Crippen LogP contribution in [0.15, 0.2) is 54.6 Å². The number of fused-ring (bicyclic) bond motifs is 3. The van der Waals surface area contributed by atoms with Crippen LogP contribution in [0.1, 0.15) is 42.3 Å². The fraction of sp³-hybridized carbons (Fsp3) is 0.346. The van der Waals surface area contributed by atoms with Gasteiger partial charge in [-0.25, -0.2) is 4.79 Å². The van der Waals surface area contributed by atoms with Crippen LogP contribution < -0.4 is 0 Å². The summed E-state index contributed by atoms with van der Waals surface area (Å²) < 4.78 is 18.1. The van der Waals surface area contributed by atoms with Crippen LogP contribution in [0, 0.1) is 5.92 Å². The summed E-state index contributed by atoms with van der Waals surface area (Å²) in [4.78, 5) is 17.5. The third-order valence-corrected chi connectivity index (χ3v) is 6.17. The SMILES string of the molecule is COC(=O)/C=C/c1ccc([C@@H]2c3[nH]c4ccccc4c3C[C@@H](C)N2C[C@H](C)CF)cc1. The third kappa shape index (κ3) is 4.28. The summed E-state index contributed by atoms with van der Waals surface area (Å²) >= 11 is 0. The number of alkyl halides is 1. The maximum Gasteiger partial charge on any atom is 0.330 e. The molecule has 0 unspecified atom stereocenters. The molecule has 4 nitrogen and oxygen atoms in total. The van der Waals surface area contributed by atoms with Gasteiger partial charge in [-0.15, -0.1) is 0 Å². The van der Waals surface area contributed by atoms with Gasteiger partial charge < -0.3 is 9.72 Å². The number of hydrogen-bond donors (Lipinski definition) is 1. The minimum atomic E-state index is -0.376. The first-order chi connectivity index (χ1) is 15.0. The van der Waals surface area contributed by atoms with Crippen LogP contribution >= 0.6 is 0 Å². The van der Waals surface area contributed by atoms with Crippen LogP contribution in [-0.4, -0.2) is 42.2 Å². The molecule has 1 aliphatic heterocycles. The van der Waals surface area contributed by atoms with E-state index < -0.39 is 0 Å². The van der Waals surface area contributed by atoms with Gasteiger partial charge in [-0.05, 0) is 48.1 Å². The van der Waals surface area contributed by atoms with Gasteiger partial charge >= 0.3 is 5.97 Å². The molecular formula is C26H29FN2O2. The smallest absolute Gasteiger partial charge is 0.330 e. The molecule has 2 heterocycles. The molecule has 1 N–H and O–H groups in total. The van der Waals surface area contributed by atoms with E-state index in [9.17, 15) is 9.18 Å². The number of carbonyl (C=O) groups is 1. The standard InChI is InChI=1S/C26H29FN2O2/c1-17(15-27)16-29-18(2)14-22-21-6-4-5-7-23(21)28-25(22)26(29)20-11-8-19(9-12-20)10-13-24(30)31-3/h4-13,17-18,26,28H,14-16H2,1-3H3/b13-10+/t17-,18-,26-/m1/s1. The number of aromatic nitrogens is 1. The first-order valence-corrected chi connectivity index (χ1v) is 10.8. The number of benzene rings is 2. The fourth-order valence-electron chi connectivity index (χ4n) is 4.58. The second-order valence-corrected chi connectivity index (χ2v) is 8.50. The quantitative estimate of drug-likeness (QED) is 0.435. The van der Waals surface area contributed by atoms with E-state index in [4.69, 9.17) is 0 Å². The van der Waals surface area contributed by atoms with Gasteiger partial charge in [0, 0.05) is 35.3 Å². The Morgan fingerprint density at radius 1 is 1.26 bits per heavy atom. The summed E-state index contributed by atoms with van der Waals surface area (Å²) in [6.45, 7) is 4.56. The van der Waals surface area contributed by atoms with Crippen LogP contribution in [-0.2, 0) is 16.0 Å². The van der Waals surface area contributed by atoms with Gasteiger partial charge in [0.2, 0.25) is 0 Å². The predicted molar refractivity (Wildman–Crippen MR) is 123 cm³/mol. The Balaban J connectivity index is 1.76. The molecule has 3 aromatic rings. The van der Waals surface area contributed by atoms with Gasteiger partial charge in [0.15, 0.2) is 0 Å². The summed E-state index contributed by atoms with van der Waals surface area (Å²) in [6, 6.07) is 17.0. The van der Waals surface area contributed by atoms with Crippen LogP contribution in [0.2, 0.25) is 0 Å². The molecule has 31 heavy (non-hydrogen) atoms. The highest BCUT2D eigenvalue weighted by atomic mass is 19.1. The second-order valence-electron chi connectivity index (χ2n) is 8.50. The van der Waals surface area contributed by atoms with E-state index in [0.717, 1.165) is 23.1 Å². The Kier molecular flexibility index (Phi) is 6.23. The Morgan fingerprint density at radius 2 is 2.00 bits per heavy atom. The van der Waals surface area contributed by atoms with Crippen molar-refractivity contribution in [3.8, 4) is 0 Å². The molecule has 162 valence electrons. The molecule has 1 aromatic heterocycles. The zero-order valence-corrected chi connectivity index (χ0v) is 18.3. The van der Waals surface area contributed by atoms with E-state index in [2.05, 4.69) is 51.9 Å². The first-order valence-electron chi connectivity index (χ1n) is 10.8. The predicted octanol–water partition coefficient (Wildman–Crippen LogP) is 5.30. The van der Waals surface area contributed by atoms with Gasteiger partial charge in [0.05, 0.1) is 19.8 Å². The summed E-state index contributed by atoms with van der Waals surface area (Å²) in [7, 11) is 1.37. The minimum absolute atomic E-state index is 0.0267. The number of esters is 1. The lowest BCUT2D eigenvalue weighted by molar-refractivity contribution is -0.134. The Hall–Kier alpha value is -2.92. The van der Waals surface area contributed by atoms with Crippen molar-refractivity contribution in [3.63, 3.8) is 0 Å². The fourth-order valence-corrected chi connectivity index (χ4v) is 4.58. The molecule has 0 spiro atoms. The molecule has 0 bridgehead atoms. The average molecular weight is 421 g/mol. The largest absolute Gasteiger partial charge is 0.466 e. The number of rotatable bonds is 6. The van der Waals surface area contributed by atoms with Gasteiger partial charge in [0.1, 0.15) is 0 Å². The van der Waals surface area contributed by atoms with E-state index in [1.54, 1.807) is 6.08 Å². The molecule has 0 fully saturated rings. The molecule has 0 radical (unpaired) electrons. The normalized spacial score (nSPS) is 20.1. The molecule has 0 amide bonds. The number of methoxy groups -OCH3 is 1. The van der Waals surface area contributed by atoms with Crippen molar-refractivity contribution in [2.75, 3.05) is 20.3 Å². The van der Waals surface area contributed by atoms with Gasteiger partial charge in [-0.2, -0.15) is 0 Å². The summed E-state index contributed by atoms with van der Waals surface area (Å²) in [5.41, 5.74) is 5.78. The zero-order chi connectivity index (χ0) is 22.0. The Bertz CT molecular complexity index is 1090. The summed E-state index contributed by atoms with van der Waals surface area (Å²) in [5, 5.41) is 1.27. The molecule has 5 heteroatoms. The Labute approximate surface area is 182 Å². The zero-order valence-electron chi connectivity index (χ0n) is 18.3. The highest BCUT2D eigenvalue weighted by Gasteiger charge is 2.36. The molecule has 1 aliphatic rings. The lowest BCUT2D eigenvalue weighted by Crippen LogP contribution is -2.45. The Morgan fingerprint density at radius 3 is 2.71 bits per heavy atom. The second kappa shape index (κ2) is 9.06. The lowest BCUT2D eigenvalue weighted by Gasteiger charge is -2.42. The number of halogens is 1. The van der Waals surface area contributed by atoms with Crippen molar-refractivity contribution < 1.29 is 13.9 Å². The van der Waals surface area contributed by atoms with Gasteiger partial charge in [-0.3, -0.25) is 9.29 Å². The maximum absolute atomic E-state index is 13.4. The number of carbonyl (C=O) groups excluding carboxylic acids is 1. The van der Waals surface area contributed by atoms with Crippen molar-refractivity contribution >= 4 is 22.9 Å². The third-order valence-electron chi connectivity index (χ3n) is 6.17. The maximum atomic E-state index is 13.4. The minimum Gasteiger partial charge on any atom is -0.466 e. The lowest BCUT2D eigenvalue weighted by atomic mass is 9.87. The summed E-state index contributed by atoms with van der Waals surface area (Å²) in [5.74, 6) is -0.405. The molecular weight excluding hydrogens is 391 g/mol. The number of nitrogens with zero attached hydrogens (tertiary/aromatic N) is 1. The van der Waals surface area contributed by atoms with E-state index >= 15 is 0 Å². The topological polar surface area (TPSA) is 45.3 Å². The van der Waals surface area contributed by atoms with Crippen LogP contribution in [0.4, 0.5) is 4.39 Å². The van der Waals surface area contributed by atoms with Crippen molar-refractivity contribution in [2.45, 2.75) is 32.4 Å². The van der Waals surface area contributed by atoms with Crippen LogP contribution in [0.5, 0.6) is 0 Å². The number of aromatic amines is 1. The number of hydrogen-bond acceptors (Lipinski definition) is 3. The molecule has 0 saturated carbocycles. The van der Waals surface area contributed by atoms with Crippen molar-refractivity contribution in [1.29, 1.82) is 0 Å². The van der Waals surface area contributed by atoms with Crippen LogP contribution in [0.25, 0.3) is 17.0 Å². The highest BCUT2D eigenvalue weighted by molar-refractivity contribution is 5.87. The molecule has 0 aliphatic carbocycles. The van der Waals surface area contributed by atoms with Crippen LogP contribution in [0.3, 0.4) is 0 Å². The number of nitrogens with one attached hydrogen (secondary N) is 1. The summed E-state index contributed by atoms with van der Waals surface area (Å²) in [6.07, 6.45) is 4.11. The molecule has 4 rings (SSSR count). The molecule has 2 aromatic carbocycles. The number of para-hydroxylation sites is 1. The van der Waals surface area contributed by atoms with Crippen molar-refractivity contribution in [1.82, 2.24) is 9.88 Å². The van der Waals surface area contributed by atoms with Gasteiger partial charge in [-0.1, -0.05) is 49.4 Å². The van der Waals surface area contributed by atoms with Crippen molar-refractivity contribution in [2.24, 2.45) is 5.92 Å². The average Bonchev–Trinajstić information content (AvgIpc) is 3.16. The number of H-pyrrole nitrogens is 1. The molecule has 0 saturated heterocycles. The highest BCUT2D eigenvalue weighted by Crippen LogP contribution is 2.41. The monoisotopic (exact) mass is 420 g/mol. The number of ether oxygens (including phenoxy) is 1. The van der Waals surface area contributed by atoms with E-state index in [-0.39, 0.29) is 24.6 Å². The van der Waals surface area contributed by atoms with Gasteiger partial charge in [0.25, 0.3) is 0 Å². The van der Waals surface area contributed by atoms with Crippen molar-refractivity contribution in [3.05, 3.63) is 77.0 Å². The first kappa shape index (κ1) is 21.3.